The molecule has 2 N–H and O–H groups in total. The molecule has 0 aromatic carbocycles. The molecule has 1 aliphatic rings. The van der Waals surface area contributed by atoms with E-state index in [0.717, 1.165) is 18.1 Å². The molecule has 1 aliphatic carbocycles. The van der Waals surface area contributed by atoms with Crippen LogP contribution in [0.25, 0.3) is 0 Å². The topological polar surface area (TPSA) is 92.9 Å². The lowest BCUT2D eigenvalue weighted by Gasteiger charge is -2.04. The number of rotatable bonds is 6. The third-order valence-corrected chi connectivity index (χ3v) is 4.20. The zero-order valence-electron chi connectivity index (χ0n) is 11.6. The van der Waals surface area contributed by atoms with Crippen molar-refractivity contribution >= 4 is 11.8 Å². The van der Waals surface area contributed by atoms with Gasteiger partial charge in [0.25, 0.3) is 0 Å². The predicted molar refractivity (Wildman–Crippen MR) is 78.2 cm³/mol. The van der Waals surface area contributed by atoms with Crippen LogP contribution in [0.2, 0.25) is 0 Å². The fourth-order valence-electron chi connectivity index (χ4n) is 1.85. The molecule has 7 nitrogen and oxygen atoms in total. The van der Waals surface area contributed by atoms with Crippen molar-refractivity contribution in [3.05, 3.63) is 44.4 Å². The van der Waals surface area contributed by atoms with Crippen LogP contribution in [0.1, 0.15) is 24.4 Å². The maximum absolute atomic E-state index is 11.2. The summed E-state index contributed by atoms with van der Waals surface area (Å²) in [6, 6.07) is 4.51. The van der Waals surface area contributed by atoms with Crippen molar-refractivity contribution < 1.29 is 4.42 Å². The monoisotopic (exact) mass is 308 g/mol. The van der Waals surface area contributed by atoms with Crippen LogP contribution in [0.4, 0.5) is 0 Å². The van der Waals surface area contributed by atoms with Crippen molar-refractivity contribution in [2.75, 3.05) is 0 Å². The summed E-state index contributed by atoms with van der Waals surface area (Å²) in [5.74, 6) is 2.27. The molecule has 21 heavy (non-hydrogen) atoms. The molecule has 112 valence electrons. The number of furan rings is 1. The lowest BCUT2D eigenvalue weighted by Crippen LogP contribution is -2.33. The molecule has 0 radical (unpaired) electrons. The SMILES string of the molecule is Cn1[nH]c(=O)c(=O)nc1SCc1ccc(CNC2CC2)o1. The molecule has 8 heteroatoms. The van der Waals surface area contributed by atoms with Gasteiger partial charge in [0.1, 0.15) is 11.5 Å². The summed E-state index contributed by atoms with van der Waals surface area (Å²) in [6.45, 7) is 0.741. The lowest BCUT2D eigenvalue weighted by molar-refractivity contribution is 0.458. The minimum Gasteiger partial charge on any atom is -0.464 e. The number of hydrogen-bond donors (Lipinski definition) is 2. The van der Waals surface area contributed by atoms with Crippen LogP contribution in [-0.2, 0) is 19.3 Å². The molecule has 0 atom stereocenters. The number of hydrogen-bond acceptors (Lipinski definition) is 6. The Morgan fingerprint density at radius 3 is 2.95 bits per heavy atom. The van der Waals surface area contributed by atoms with E-state index in [9.17, 15) is 9.59 Å². The summed E-state index contributed by atoms with van der Waals surface area (Å²) in [4.78, 5) is 26.1. The first-order valence-electron chi connectivity index (χ1n) is 6.73. The van der Waals surface area contributed by atoms with Gasteiger partial charge in [-0.3, -0.25) is 19.4 Å². The summed E-state index contributed by atoms with van der Waals surface area (Å²) >= 11 is 1.34. The molecular formula is C13H16N4O3S. The molecule has 1 saturated carbocycles. The lowest BCUT2D eigenvalue weighted by atomic mass is 10.4. The van der Waals surface area contributed by atoms with E-state index in [4.69, 9.17) is 4.42 Å². The van der Waals surface area contributed by atoms with E-state index < -0.39 is 11.1 Å². The summed E-state index contributed by atoms with van der Waals surface area (Å²) in [5.41, 5.74) is -1.49. The van der Waals surface area contributed by atoms with Gasteiger partial charge in [0.2, 0.25) is 0 Å². The van der Waals surface area contributed by atoms with Crippen LogP contribution in [-0.4, -0.2) is 20.8 Å². The van der Waals surface area contributed by atoms with Gasteiger partial charge in [-0.1, -0.05) is 11.8 Å². The third-order valence-electron chi connectivity index (χ3n) is 3.15. The highest BCUT2D eigenvalue weighted by Gasteiger charge is 2.20. The number of nitrogens with one attached hydrogen (secondary N) is 2. The van der Waals surface area contributed by atoms with Crippen molar-refractivity contribution in [2.45, 2.75) is 36.3 Å². The molecule has 0 unspecified atom stereocenters. The molecule has 0 saturated heterocycles. The van der Waals surface area contributed by atoms with Gasteiger partial charge in [0.15, 0.2) is 5.16 Å². The molecular weight excluding hydrogens is 292 g/mol. The van der Waals surface area contributed by atoms with Gasteiger partial charge in [-0.25, -0.2) is 0 Å². The first-order valence-corrected chi connectivity index (χ1v) is 7.71. The van der Waals surface area contributed by atoms with Crippen molar-refractivity contribution in [3.63, 3.8) is 0 Å². The predicted octanol–water partition coefficient (Wildman–Crippen LogP) is 0.606. The van der Waals surface area contributed by atoms with Gasteiger partial charge in [-0.2, -0.15) is 4.98 Å². The Hall–Kier alpha value is -1.80. The molecule has 2 aromatic heterocycles. The Bertz CT molecular complexity index is 744. The Balaban J connectivity index is 1.60. The minimum absolute atomic E-state index is 0.452. The quantitative estimate of drug-likeness (QED) is 0.600. The second kappa shape index (κ2) is 5.90. The molecule has 1 fully saturated rings. The number of thioether (sulfide) groups is 1. The molecule has 0 amide bonds. The largest absolute Gasteiger partial charge is 0.464 e. The highest BCUT2D eigenvalue weighted by Crippen LogP contribution is 2.22. The van der Waals surface area contributed by atoms with E-state index in [-0.39, 0.29) is 0 Å². The fraction of sp³-hybridized carbons (Fsp3) is 0.462. The van der Waals surface area contributed by atoms with E-state index in [1.807, 2.05) is 12.1 Å². The Labute approximate surface area is 124 Å². The highest BCUT2D eigenvalue weighted by molar-refractivity contribution is 7.98. The first kappa shape index (κ1) is 14.2. The Morgan fingerprint density at radius 2 is 2.19 bits per heavy atom. The van der Waals surface area contributed by atoms with Gasteiger partial charge in [0.05, 0.1) is 12.3 Å². The molecule has 2 aromatic rings. The van der Waals surface area contributed by atoms with Crippen LogP contribution in [0.3, 0.4) is 0 Å². The average molecular weight is 308 g/mol. The zero-order valence-corrected chi connectivity index (χ0v) is 12.4. The molecule has 3 rings (SSSR count). The van der Waals surface area contributed by atoms with Crippen molar-refractivity contribution in [2.24, 2.45) is 7.05 Å². The summed E-state index contributed by atoms with van der Waals surface area (Å²) < 4.78 is 7.14. The minimum atomic E-state index is -0.774. The number of H-pyrrole nitrogens is 1. The average Bonchev–Trinajstić information content (AvgIpc) is 3.18. The van der Waals surface area contributed by atoms with Gasteiger partial charge >= 0.3 is 11.1 Å². The van der Waals surface area contributed by atoms with Crippen molar-refractivity contribution in [3.8, 4) is 0 Å². The van der Waals surface area contributed by atoms with Gasteiger partial charge in [-0.15, -0.1) is 0 Å². The first-order chi connectivity index (χ1) is 10.1. The third kappa shape index (κ3) is 3.64. The van der Waals surface area contributed by atoms with Crippen molar-refractivity contribution in [1.29, 1.82) is 0 Å². The fourth-order valence-corrected chi connectivity index (χ4v) is 2.67. The van der Waals surface area contributed by atoms with Gasteiger partial charge in [-0.05, 0) is 25.0 Å². The Morgan fingerprint density at radius 1 is 1.43 bits per heavy atom. The second-order valence-electron chi connectivity index (χ2n) is 5.01. The highest BCUT2D eigenvalue weighted by atomic mass is 32.2. The Kier molecular flexibility index (Phi) is 3.98. The maximum atomic E-state index is 11.2. The van der Waals surface area contributed by atoms with E-state index in [1.54, 1.807) is 7.05 Å². The number of aromatic amines is 1. The second-order valence-corrected chi connectivity index (χ2v) is 5.95. The van der Waals surface area contributed by atoms with Crippen LogP contribution >= 0.6 is 11.8 Å². The summed E-state index contributed by atoms with van der Waals surface area (Å²) in [6.07, 6.45) is 2.49. The molecule has 0 spiro atoms. The normalized spacial score (nSPS) is 14.5. The van der Waals surface area contributed by atoms with Crippen LogP contribution in [0.15, 0.2) is 31.3 Å². The van der Waals surface area contributed by atoms with Crippen LogP contribution in [0.5, 0.6) is 0 Å². The van der Waals surface area contributed by atoms with Gasteiger partial charge < -0.3 is 9.73 Å². The van der Waals surface area contributed by atoms with E-state index in [0.29, 0.717) is 17.0 Å². The summed E-state index contributed by atoms with van der Waals surface area (Å²) in [5, 5.41) is 6.25. The number of aromatic nitrogens is 3. The number of nitrogens with zero attached hydrogens (tertiary/aromatic N) is 2. The van der Waals surface area contributed by atoms with Crippen molar-refractivity contribution in [1.82, 2.24) is 20.1 Å². The molecule has 2 heterocycles. The van der Waals surface area contributed by atoms with Crippen LogP contribution < -0.4 is 16.4 Å². The van der Waals surface area contributed by atoms with E-state index >= 15 is 0 Å². The van der Waals surface area contributed by atoms with E-state index in [2.05, 4.69) is 15.4 Å². The molecule has 0 bridgehead atoms. The van der Waals surface area contributed by atoms with E-state index in [1.165, 1.54) is 29.3 Å². The number of aryl methyl sites for hydroxylation is 1. The smallest absolute Gasteiger partial charge is 0.339 e. The van der Waals surface area contributed by atoms with Crippen LogP contribution in [0, 0.1) is 0 Å². The molecule has 0 aliphatic heterocycles. The summed E-state index contributed by atoms with van der Waals surface area (Å²) in [7, 11) is 1.64. The maximum Gasteiger partial charge on any atom is 0.339 e. The zero-order chi connectivity index (χ0) is 14.8. The van der Waals surface area contributed by atoms with Gasteiger partial charge in [0, 0.05) is 13.1 Å². The standard InChI is InChI=1S/C13H16N4O3S/c1-17-13(15-11(18)12(19)16-17)21-7-10-5-4-9(20-10)6-14-8-2-3-8/h4-5,8,14H,2-3,6-7H2,1H3,(H,16,19).